The predicted molar refractivity (Wildman–Crippen MR) is 104 cm³/mol. The van der Waals surface area contributed by atoms with Crippen molar-refractivity contribution >= 4 is 11.6 Å². The van der Waals surface area contributed by atoms with E-state index in [0.29, 0.717) is 18.8 Å². The number of nitrogens with one attached hydrogen (secondary N) is 2. The number of anilines is 1. The molecule has 3 aromatic rings. The lowest BCUT2D eigenvalue weighted by Crippen LogP contribution is -2.38. The van der Waals surface area contributed by atoms with E-state index in [1.807, 2.05) is 72.8 Å². The van der Waals surface area contributed by atoms with Gasteiger partial charge in [0.2, 0.25) is 0 Å². The number of hydrogen-bond acceptors (Lipinski definition) is 4. The summed E-state index contributed by atoms with van der Waals surface area (Å²) in [6, 6.07) is 24.8. The molecule has 1 aliphatic heterocycles. The number of amides is 1. The highest BCUT2D eigenvalue weighted by atomic mass is 16.5. The molecule has 1 heterocycles. The second-order valence-electron chi connectivity index (χ2n) is 6.18. The number of hydrogen-bond donors (Lipinski definition) is 2. The predicted octanol–water partition coefficient (Wildman–Crippen LogP) is 4.00. The number of carbonyl (C=O) groups is 1. The molecule has 4 rings (SSSR count). The van der Waals surface area contributed by atoms with E-state index in [4.69, 9.17) is 9.47 Å². The van der Waals surface area contributed by atoms with Crippen molar-refractivity contribution < 1.29 is 14.3 Å². The molecule has 0 unspecified atom stereocenters. The number of carbonyl (C=O) groups excluding carboxylic acids is 1. The minimum atomic E-state index is -0.295. The first-order valence-corrected chi connectivity index (χ1v) is 8.87. The van der Waals surface area contributed by atoms with E-state index >= 15 is 0 Å². The molecule has 27 heavy (non-hydrogen) atoms. The van der Waals surface area contributed by atoms with Crippen LogP contribution in [0.15, 0.2) is 78.9 Å². The molecule has 136 valence electrons. The fourth-order valence-electron chi connectivity index (χ4n) is 2.99. The number of rotatable bonds is 6. The first-order chi connectivity index (χ1) is 13.3. The summed E-state index contributed by atoms with van der Waals surface area (Å²) in [6.07, 6.45) is -0.295. The highest BCUT2D eigenvalue weighted by Gasteiger charge is 2.24. The van der Waals surface area contributed by atoms with Crippen LogP contribution in [-0.4, -0.2) is 19.1 Å². The molecule has 0 aromatic heterocycles. The average Bonchev–Trinajstić information content (AvgIpc) is 2.72. The molecule has 5 nitrogen and oxygen atoms in total. The number of para-hydroxylation sites is 2. The lowest BCUT2D eigenvalue weighted by atomic mass is 10.1. The van der Waals surface area contributed by atoms with Crippen molar-refractivity contribution in [2.45, 2.75) is 6.17 Å². The van der Waals surface area contributed by atoms with Gasteiger partial charge in [0.15, 0.2) is 0 Å². The van der Waals surface area contributed by atoms with Crippen LogP contribution in [0.4, 0.5) is 5.69 Å². The van der Waals surface area contributed by atoms with Gasteiger partial charge in [-0.25, -0.2) is 0 Å². The van der Waals surface area contributed by atoms with E-state index in [9.17, 15) is 4.79 Å². The Morgan fingerprint density at radius 3 is 2.30 bits per heavy atom. The van der Waals surface area contributed by atoms with Crippen molar-refractivity contribution in [3.8, 4) is 11.5 Å². The van der Waals surface area contributed by atoms with Gasteiger partial charge >= 0.3 is 0 Å². The van der Waals surface area contributed by atoms with E-state index in [1.54, 1.807) is 6.07 Å². The van der Waals surface area contributed by atoms with Crippen molar-refractivity contribution in [2.24, 2.45) is 0 Å². The summed E-state index contributed by atoms with van der Waals surface area (Å²) in [5.74, 6) is 1.47. The molecular formula is C22H20N2O3. The molecular weight excluding hydrogens is 340 g/mol. The summed E-state index contributed by atoms with van der Waals surface area (Å²) >= 11 is 0. The van der Waals surface area contributed by atoms with Crippen LogP contribution in [-0.2, 0) is 0 Å². The van der Waals surface area contributed by atoms with E-state index < -0.39 is 0 Å². The fourth-order valence-corrected chi connectivity index (χ4v) is 2.99. The lowest BCUT2D eigenvalue weighted by Gasteiger charge is -2.28. The van der Waals surface area contributed by atoms with E-state index in [0.717, 1.165) is 22.7 Å². The Morgan fingerprint density at radius 2 is 1.44 bits per heavy atom. The van der Waals surface area contributed by atoms with Gasteiger partial charge in [-0.3, -0.25) is 4.79 Å². The van der Waals surface area contributed by atoms with Crippen LogP contribution in [0.5, 0.6) is 11.5 Å². The molecule has 0 radical (unpaired) electrons. The van der Waals surface area contributed by atoms with Gasteiger partial charge in [-0.2, -0.15) is 0 Å². The van der Waals surface area contributed by atoms with Crippen molar-refractivity contribution in [2.75, 3.05) is 18.5 Å². The van der Waals surface area contributed by atoms with Crippen LogP contribution in [0, 0.1) is 0 Å². The number of ether oxygens (including phenoxy) is 2. The lowest BCUT2D eigenvalue weighted by molar-refractivity contribution is 0.0935. The Kier molecular flexibility index (Phi) is 4.92. The van der Waals surface area contributed by atoms with Gasteiger partial charge in [-0.15, -0.1) is 0 Å². The summed E-state index contributed by atoms with van der Waals surface area (Å²) in [5, 5.41) is 6.32. The summed E-state index contributed by atoms with van der Waals surface area (Å²) < 4.78 is 11.4. The van der Waals surface area contributed by atoms with Crippen LogP contribution in [0.1, 0.15) is 22.1 Å². The van der Waals surface area contributed by atoms with Crippen LogP contribution in [0.3, 0.4) is 0 Å². The molecule has 1 atom stereocenters. The molecule has 0 aliphatic carbocycles. The Bertz CT molecular complexity index is 928. The molecule has 0 saturated heterocycles. The highest BCUT2D eigenvalue weighted by Crippen LogP contribution is 2.27. The summed E-state index contributed by atoms with van der Waals surface area (Å²) in [6.45, 7) is 0.895. The van der Waals surface area contributed by atoms with E-state index in [-0.39, 0.29) is 12.1 Å². The zero-order valence-electron chi connectivity index (χ0n) is 14.7. The first kappa shape index (κ1) is 17.0. The third kappa shape index (κ3) is 4.03. The Morgan fingerprint density at radius 1 is 0.741 bits per heavy atom. The summed E-state index contributed by atoms with van der Waals surface area (Å²) in [7, 11) is 0. The zero-order valence-corrected chi connectivity index (χ0v) is 14.7. The summed E-state index contributed by atoms with van der Waals surface area (Å²) in [4.78, 5) is 12.3. The van der Waals surface area contributed by atoms with Gasteiger partial charge in [0.25, 0.3) is 5.91 Å². The molecule has 2 N–H and O–H groups in total. The molecule has 0 fully saturated rings. The van der Waals surface area contributed by atoms with Gasteiger partial charge in [0.1, 0.15) is 30.9 Å². The number of benzene rings is 3. The Balaban J connectivity index is 1.37. The van der Waals surface area contributed by atoms with Crippen molar-refractivity contribution in [1.29, 1.82) is 0 Å². The van der Waals surface area contributed by atoms with Crippen LogP contribution < -0.4 is 20.1 Å². The SMILES string of the molecule is O=C1N[C@H](c2cccc(OCCOc3ccccc3)c2)Nc2ccccc21. The number of fused-ring (bicyclic) bond motifs is 1. The maximum Gasteiger partial charge on any atom is 0.255 e. The standard InChI is InChI=1S/C22H20N2O3/c25-22-19-11-4-5-12-20(19)23-21(24-22)16-7-6-10-18(15-16)27-14-13-26-17-8-2-1-3-9-17/h1-12,15,21,23H,13-14H2,(H,24,25)/t21-/m1/s1. The van der Waals surface area contributed by atoms with Crippen molar-refractivity contribution in [1.82, 2.24) is 5.32 Å². The molecule has 0 saturated carbocycles. The molecule has 0 bridgehead atoms. The second-order valence-corrected chi connectivity index (χ2v) is 6.18. The van der Waals surface area contributed by atoms with Gasteiger partial charge < -0.3 is 20.1 Å². The highest BCUT2D eigenvalue weighted by molar-refractivity contribution is 6.01. The van der Waals surface area contributed by atoms with Crippen LogP contribution in [0.25, 0.3) is 0 Å². The smallest absolute Gasteiger partial charge is 0.255 e. The second kappa shape index (κ2) is 7.83. The topological polar surface area (TPSA) is 59.6 Å². The largest absolute Gasteiger partial charge is 0.490 e. The molecule has 3 aromatic carbocycles. The minimum Gasteiger partial charge on any atom is -0.490 e. The third-order valence-corrected chi connectivity index (χ3v) is 4.30. The molecule has 1 amide bonds. The van der Waals surface area contributed by atoms with Crippen LogP contribution in [0.2, 0.25) is 0 Å². The maximum absolute atomic E-state index is 12.3. The Hall–Kier alpha value is -3.47. The molecule has 5 heteroatoms. The van der Waals surface area contributed by atoms with E-state index in [1.165, 1.54) is 0 Å². The average molecular weight is 360 g/mol. The van der Waals surface area contributed by atoms with Gasteiger partial charge in [0.05, 0.1) is 5.56 Å². The van der Waals surface area contributed by atoms with Gasteiger partial charge in [0, 0.05) is 5.69 Å². The minimum absolute atomic E-state index is 0.0862. The Labute approximate surface area is 157 Å². The maximum atomic E-state index is 12.3. The normalized spacial score (nSPS) is 15.3. The first-order valence-electron chi connectivity index (χ1n) is 8.87. The third-order valence-electron chi connectivity index (χ3n) is 4.30. The fraction of sp³-hybridized carbons (Fsp3) is 0.136. The van der Waals surface area contributed by atoms with Crippen LogP contribution >= 0.6 is 0 Å². The molecule has 1 aliphatic rings. The van der Waals surface area contributed by atoms with Gasteiger partial charge in [-0.1, -0.05) is 42.5 Å². The van der Waals surface area contributed by atoms with Crippen molar-refractivity contribution in [3.63, 3.8) is 0 Å². The quantitative estimate of drug-likeness (QED) is 0.653. The monoisotopic (exact) mass is 360 g/mol. The molecule has 0 spiro atoms. The van der Waals surface area contributed by atoms with E-state index in [2.05, 4.69) is 10.6 Å². The summed E-state index contributed by atoms with van der Waals surface area (Å²) in [5.41, 5.74) is 2.41. The van der Waals surface area contributed by atoms with Gasteiger partial charge in [-0.05, 0) is 42.0 Å². The zero-order chi connectivity index (χ0) is 18.5. The van der Waals surface area contributed by atoms with Crippen molar-refractivity contribution in [3.05, 3.63) is 90.0 Å².